The SMILES string of the molecule is COc1ccc(CNC(=O)C2CCc3nc4cc(C)ccn4c3C2)cc1. The summed E-state index contributed by atoms with van der Waals surface area (Å²) in [5.41, 5.74) is 5.56. The third kappa shape index (κ3) is 3.17. The summed E-state index contributed by atoms with van der Waals surface area (Å²) in [6.45, 7) is 2.61. The summed E-state index contributed by atoms with van der Waals surface area (Å²) in [6, 6.07) is 12.0. The third-order valence-corrected chi connectivity index (χ3v) is 5.13. The smallest absolute Gasteiger partial charge is 0.223 e. The first-order chi connectivity index (χ1) is 12.6. The largest absolute Gasteiger partial charge is 0.497 e. The molecule has 3 aromatic rings. The number of carbonyl (C=O) groups is 1. The number of hydrogen-bond acceptors (Lipinski definition) is 3. The van der Waals surface area contributed by atoms with Crippen molar-refractivity contribution in [3.05, 3.63) is 65.1 Å². The summed E-state index contributed by atoms with van der Waals surface area (Å²) >= 11 is 0. The molecule has 134 valence electrons. The van der Waals surface area contributed by atoms with E-state index in [0.29, 0.717) is 6.54 Å². The zero-order valence-electron chi connectivity index (χ0n) is 15.2. The number of hydrogen-bond donors (Lipinski definition) is 1. The van der Waals surface area contributed by atoms with Gasteiger partial charge in [0, 0.05) is 30.8 Å². The van der Waals surface area contributed by atoms with Gasteiger partial charge in [-0.05, 0) is 55.2 Å². The number of carbonyl (C=O) groups excluding carboxylic acids is 1. The van der Waals surface area contributed by atoms with Gasteiger partial charge < -0.3 is 14.5 Å². The van der Waals surface area contributed by atoms with E-state index in [1.54, 1.807) is 7.11 Å². The fourth-order valence-corrected chi connectivity index (χ4v) is 3.61. The number of imidazole rings is 1. The standard InChI is InChI=1S/C21H23N3O2/c1-14-9-10-24-19-12-16(5-8-18(19)23-20(24)11-14)21(25)22-13-15-3-6-17(26-2)7-4-15/h3-4,6-7,9-11,16H,5,8,12-13H2,1-2H3,(H,22,25). The molecule has 26 heavy (non-hydrogen) atoms. The maximum atomic E-state index is 12.7. The number of fused-ring (bicyclic) bond motifs is 3. The Hall–Kier alpha value is -2.82. The van der Waals surface area contributed by atoms with E-state index in [4.69, 9.17) is 9.72 Å². The van der Waals surface area contributed by atoms with Gasteiger partial charge in [-0.1, -0.05) is 12.1 Å². The summed E-state index contributed by atoms with van der Waals surface area (Å²) in [7, 11) is 1.65. The van der Waals surface area contributed by atoms with Gasteiger partial charge in [0.15, 0.2) is 0 Å². The van der Waals surface area contributed by atoms with Gasteiger partial charge >= 0.3 is 0 Å². The van der Waals surface area contributed by atoms with Crippen LogP contribution in [0.15, 0.2) is 42.6 Å². The fourth-order valence-electron chi connectivity index (χ4n) is 3.61. The number of amides is 1. The zero-order valence-corrected chi connectivity index (χ0v) is 15.2. The van der Waals surface area contributed by atoms with E-state index < -0.39 is 0 Å². The average Bonchev–Trinajstić information content (AvgIpc) is 3.03. The van der Waals surface area contributed by atoms with Crippen LogP contribution in [0.3, 0.4) is 0 Å². The lowest BCUT2D eigenvalue weighted by molar-refractivity contribution is -0.125. The molecule has 1 aromatic carbocycles. The molecule has 1 aliphatic rings. The molecule has 0 bridgehead atoms. The molecule has 2 aromatic heterocycles. The van der Waals surface area contributed by atoms with Gasteiger partial charge in [-0.2, -0.15) is 0 Å². The molecular formula is C21H23N3O2. The topological polar surface area (TPSA) is 55.6 Å². The Labute approximate surface area is 153 Å². The second kappa shape index (κ2) is 6.83. The Morgan fingerprint density at radius 1 is 1.31 bits per heavy atom. The van der Waals surface area contributed by atoms with Crippen LogP contribution in [0, 0.1) is 12.8 Å². The molecule has 1 amide bonds. The van der Waals surface area contributed by atoms with Crippen LogP contribution >= 0.6 is 0 Å². The molecule has 0 fully saturated rings. The summed E-state index contributed by atoms with van der Waals surface area (Å²) in [5.74, 6) is 0.943. The number of methoxy groups -OCH3 is 1. The van der Waals surface area contributed by atoms with E-state index in [-0.39, 0.29) is 11.8 Å². The Morgan fingerprint density at radius 3 is 2.88 bits per heavy atom. The van der Waals surface area contributed by atoms with Gasteiger partial charge in [0.05, 0.1) is 12.8 Å². The van der Waals surface area contributed by atoms with Crippen molar-refractivity contribution in [2.75, 3.05) is 7.11 Å². The Kier molecular flexibility index (Phi) is 4.37. The van der Waals surface area contributed by atoms with Crippen LogP contribution in [-0.2, 0) is 24.2 Å². The van der Waals surface area contributed by atoms with Gasteiger partial charge in [0.25, 0.3) is 0 Å². The fraction of sp³-hybridized carbons (Fsp3) is 0.333. The number of ether oxygens (including phenoxy) is 1. The lowest BCUT2D eigenvalue weighted by Gasteiger charge is -2.21. The molecule has 5 heteroatoms. The Morgan fingerprint density at radius 2 is 2.12 bits per heavy atom. The lowest BCUT2D eigenvalue weighted by Crippen LogP contribution is -2.34. The van der Waals surface area contributed by atoms with Gasteiger partial charge in [-0.3, -0.25) is 4.79 Å². The number of nitrogens with one attached hydrogen (secondary N) is 1. The number of rotatable bonds is 4. The summed E-state index contributed by atoms with van der Waals surface area (Å²) in [6.07, 6.45) is 4.52. The van der Waals surface area contributed by atoms with Gasteiger partial charge in [-0.15, -0.1) is 0 Å². The summed E-state index contributed by atoms with van der Waals surface area (Å²) in [4.78, 5) is 17.4. The van der Waals surface area contributed by atoms with Crippen LogP contribution in [0.1, 0.15) is 28.9 Å². The van der Waals surface area contributed by atoms with Gasteiger partial charge in [0.2, 0.25) is 5.91 Å². The highest BCUT2D eigenvalue weighted by Crippen LogP contribution is 2.27. The van der Waals surface area contributed by atoms with Gasteiger partial charge in [-0.25, -0.2) is 4.98 Å². The molecule has 2 heterocycles. The van der Waals surface area contributed by atoms with Crippen LogP contribution in [-0.4, -0.2) is 22.4 Å². The molecule has 0 saturated heterocycles. The summed E-state index contributed by atoms with van der Waals surface area (Å²) < 4.78 is 7.29. The highest BCUT2D eigenvalue weighted by molar-refractivity contribution is 5.79. The molecule has 1 unspecified atom stereocenters. The first kappa shape index (κ1) is 16.6. The maximum Gasteiger partial charge on any atom is 0.223 e. The van der Waals surface area contributed by atoms with Crippen molar-refractivity contribution in [2.24, 2.45) is 5.92 Å². The molecule has 0 saturated carbocycles. The van der Waals surface area contributed by atoms with Crippen LogP contribution < -0.4 is 10.1 Å². The van der Waals surface area contributed by atoms with E-state index in [0.717, 1.165) is 41.9 Å². The Bertz CT molecular complexity index is 944. The van der Waals surface area contributed by atoms with Crippen molar-refractivity contribution >= 4 is 11.6 Å². The molecule has 5 nitrogen and oxygen atoms in total. The van der Waals surface area contributed by atoms with Crippen molar-refractivity contribution in [1.29, 1.82) is 0 Å². The molecule has 1 N–H and O–H groups in total. The van der Waals surface area contributed by atoms with Gasteiger partial charge in [0.1, 0.15) is 11.4 Å². The van der Waals surface area contributed by atoms with Crippen molar-refractivity contribution in [1.82, 2.24) is 14.7 Å². The second-order valence-corrected chi connectivity index (χ2v) is 6.94. The molecule has 1 atom stereocenters. The number of benzene rings is 1. The molecule has 0 aliphatic heterocycles. The quantitative estimate of drug-likeness (QED) is 0.787. The predicted octanol–water partition coefficient (Wildman–Crippen LogP) is 3.07. The number of aromatic nitrogens is 2. The molecular weight excluding hydrogens is 326 g/mol. The normalized spacial score (nSPS) is 16.3. The van der Waals surface area contributed by atoms with E-state index in [9.17, 15) is 4.79 Å². The monoisotopic (exact) mass is 349 g/mol. The summed E-state index contributed by atoms with van der Waals surface area (Å²) in [5, 5.41) is 3.08. The molecule has 0 spiro atoms. The maximum absolute atomic E-state index is 12.7. The number of nitrogens with zero attached hydrogens (tertiary/aromatic N) is 2. The molecule has 1 aliphatic carbocycles. The highest BCUT2D eigenvalue weighted by Gasteiger charge is 2.27. The van der Waals surface area contributed by atoms with E-state index >= 15 is 0 Å². The highest BCUT2D eigenvalue weighted by atomic mass is 16.5. The molecule has 0 radical (unpaired) electrons. The van der Waals surface area contributed by atoms with Crippen LogP contribution in [0.4, 0.5) is 0 Å². The predicted molar refractivity (Wildman–Crippen MR) is 100 cm³/mol. The number of pyridine rings is 1. The van der Waals surface area contributed by atoms with E-state index in [1.807, 2.05) is 24.3 Å². The second-order valence-electron chi connectivity index (χ2n) is 6.94. The van der Waals surface area contributed by atoms with Crippen molar-refractivity contribution in [2.45, 2.75) is 32.7 Å². The third-order valence-electron chi connectivity index (χ3n) is 5.13. The van der Waals surface area contributed by atoms with Crippen LogP contribution in [0.25, 0.3) is 5.65 Å². The van der Waals surface area contributed by atoms with Crippen LogP contribution in [0.5, 0.6) is 5.75 Å². The van der Waals surface area contributed by atoms with Crippen molar-refractivity contribution < 1.29 is 9.53 Å². The van der Waals surface area contributed by atoms with Crippen LogP contribution in [0.2, 0.25) is 0 Å². The van der Waals surface area contributed by atoms with Crippen molar-refractivity contribution in [3.8, 4) is 5.75 Å². The van der Waals surface area contributed by atoms with E-state index in [2.05, 4.69) is 35.0 Å². The Balaban J connectivity index is 1.44. The minimum Gasteiger partial charge on any atom is -0.497 e. The minimum atomic E-state index is 0.00181. The van der Waals surface area contributed by atoms with E-state index in [1.165, 1.54) is 11.3 Å². The first-order valence-corrected chi connectivity index (χ1v) is 9.01. The average molecular weight is 349 g/mol. The molecule has 4 rings (SSSR count). The zero-order chi connectivity index (χ0) is 18.1. The lowest BCUT2D eigenvalue weighted by atomic mass is 9.89. The first-order valence-electron chi connectivity index (χ1n) is 9.01. The number of aryl methyl sites for hydroxylation is 2. The minimum absolute atomic E-state index is 0.00181. The van der Waals surface area contributed by atoms with Crippen molar-refractivity contribution in [3.63, 3.8) is 0 Å².